The number of aromatic nitrogens is 1. The molecule has 0 saturated heterocycles. The molecule has 0 radical (unpaired) electrons. The minimum Gasteiger partial charge on any atom is -0.357 e. The van der Waals surface area contributed by atoms with Crippen molar-refractivity contribution in [2.45, 2.75) is 20.4 Å². The summed E-state index contributed by atoms with van der Waals surface area (Å²) in [5.41, 5.74) is 1.69. The number of hydrogen-bond acceptors (Lipinski definition) is 4. The normalized spacial score (nSPS) is 10.5. The second-order valence-corrected chi connectivity index (χ2v) is 5.92. The summed E-state index contributed by atoms with van der Waals surface area (Å²) in [5.74, 6) is 0.0348. The first-order valence-corrected chi connectivity index (χ1v) is 7.21. The first-order chi connectivity index (χ1) is 8.97. The Kier molecular flexibility index (Phi) is 4.45. The maximum absolute atomic E-state index is 11.4. The van der Waals surface area contributed by atoms with Crippen LogP contribution >= 0.6 is 34.5 Å². The maximum atomic E-state index is 11.4. The summed E-state index contributed by atoms with van der Waals surface area (Å²) in [5, 5.41) is 5.10. The number of Topliss-reactive ketones (excluding diaryl/α,β-unsaturated/α-hetero) is 1. The molecule has 3 nitrogen and oxygen atoms in total. The van der Waals surface area contributed by atoms with Gasteiger partial charge in [0.25, 0.3) is 0 Å². The number of rotatable bonds is 4. The summed E-state index contributed by atoms with van der Waals surface area (Å²) in [6.45, 7) is 3.91. The summed E-state index contributed by atoms with van der Waals surface area (Å²) < 4.78 is 0. The second-order valence-electron chi connectivity index (χ2n) is 4.08. The number of ketones is 1. The van der Waals surface area contributed by atoms with Crippen LogP contribution in [0.5, 0.6) is 0 Å². The highest BCUT2D eigenvalue weighted by molar-refractivity contribution is 7.17. The van der Waals surface area contributed by atoms with Crippen molar-refractivity contribution in [3.05, 3.63) is 44.4 Å². The van der Waals surface area contributed by atoms with Crippen LogP contribution in [0.25, 0.3) is 0 Å². The molecule has 0 aliphatic heterocycles. The fourth-order valence-electron chi connectivity index (χ4n) is 1.63. The molecule has 1 heterocycles. The lowest BCUT2D eigenvalue weighted by Crippen LogP contribution is -1.99. The van der Waals surface area contributed by atoms with Crippen LogP contribution in [0.2, 0.25) is 10.0 Å². The van der Waals surface area contributed by atoms with E-state index >= 15 is 0 Å². The minimum absolute atomic E-state index is 0.0348. The van der Waals surface area contributed by atoms with Crippen molar-refractivity contribution >= 4 is 45.5 Å². The van der Waals surface area contributed by atoms with Crippen molar-refractivity contribution in [2.75, 3.05) is 5.32 Å². The number of hydrogen-bond donors (Lipinski definition) is 1. The smallest absolute Gasteiger partial charge is 0.183 e. The standard InChI is InChI=1S/C13H12Cl2N2OS/c1-7-12(8(2)18)19-13(17-7)16-6-9-3-4-10(14)5-11(9)15/h3-5H,6H2,1-2H3,(H,16,17). The van der Waals surface area contributed by atoms with E-state index in [9.17, 15) is 4.79 Å². The molecule has 0 amide bonds. The highest BCUT2D eigenvalue weighted by Crippen LogP contribution is 2.25. The Balaban J connectivity index is 2.10. The highest BCUT2D eigenvalue weighted by Gasteiger charge is 2.11. The van der Waals surface area contributed by atoms with E-state index in [0.717, 1.165) is 11.3 Å². The number of thiazole rings is 1. The Morgan fingerprint density at radius 1 is 1.42 bits per heavy atom. The quantitative estimate of drug-likeness (QED) is 0.840. The first-order valence-electron chi connectivity index (χ1n) is 5.63. The van der Waals surface area contributed by atoms with Crippen LogP contribution in [0.3, 0.4) is 0 Å². The minimum atomic E-state index is 0.0348. The lowest BCUT2D eigenvalue weighted by molar-refractivity contribution is 0.102. The van der Waals surface area contributed by atoms with Gasteiger partial charge in [0.05, 0.1) is 10.6 Å². The van der Waals surface area contributed by atoms with Crippen molar-refractivity contribution in [2.24, 2.45) is 0 Å². The molecule has 0 atom stereocenters. The molecule has 0 saturated carbocycles. The molecule has 0 aliphatic carbocycles. The largest absolute Gasteiger partial charge is 0.357 e. The average molecular weight is 315 g/mol. The fourth-order valence-corrected chi connectivity index (χ4v) is 2.97. The summed E-state index contributed by atoms with van der Waals surface area (Å²) >= 11 is 13.3. The van der Waals surface area contributed by atoms with Gasteiger partial charge in [0.15, 0.2) is 10.9 Å². The molecule has 6 heteroatoms. The third kappa shape index (κ3) is 3.47. The van der Waals surface area contributed by atoms with Gasteiger partial charge in [0.2, 0.25) is 0 Å². The van der Waals surface area contributed by atoms with Crippen LogP contribution in [0.15, 0.2) is 18.2 Å². The van der Waals surface area contributed by atoms with E-state index in [1.165, 1.54) is 11.3 Å². The molecular formula is C13H12Cl2N2OS. The molecule has 1 N–H and O–H groups in total. The number of halogens is 2. The maximum Gasteiger partial charge on any atom is 0.183 e. The van der Waals surface area contributed by atoms with Gasteiger partial charge in [-0.3, -0.25) is 4.79 Å². The monoisotopic (exact) mass is 314 g/mol. The molecule has 0 fully saturated rings. The Morgan fingerprint density at radius 2 is 2.16 bits per heavy atom. The zero-order valence-electron chi connectivity index (χ0n) is 10.5. The number of nitrogens with one attached hydrogen (secondary N) is 1. The fraction of sp³-hybridized carbons (Fsp3) is 0.231. The Morgan fingerprint density at radius 3 is 2.74 bits per heavy atom. The average Bonchev–Trinajstić information content (AvgIpc) is 2.69. The van der Waals surface area contributed by atoms with Gasteiger partial charge in [-0.1, -0.05) is 40.6 Å². The number of benzene rings is 1. The summed E-state index contributed by atoms with van der Waals surface area (Å²) in [4.78, 5) is 16.3. The molecule has 1 aromatic heterocycles. The third-order valence-electron chi connectivity index (χ3n) is 2.56. The zero-order valence-corrected chi connectivity index (χ0v) is 12.8. The Bertz CT molecular complexity index is 625. The predicted octanol–water partition coefficient (Wildman–Crippen LogP) is 4.57. The molecule has 0 aliphatic rings. The van der Waals surface area contributed by atoms with Gasteiger partial charge in [0, 0.05) is 23.5 Å². The Hall–Kier alpha value is -1.10. The molecular weight excluding hydrogens is 303 g/mol. The van der Waals surface area contributed by atoms with Gasteiger partial charge in [-0.05, 0) is 24.6 Å². The summed E-state index contributed by atoms with van der Waals surface area (Å²) in [7, 11) is 0. The molecule has 1 aromatic carbocycles. The molecule has 2 rings (SSSR count). The van der Waals surface area contributed by atoms with Crippen LogP contribution in [0.4, 0.5) is 5.13 Å². The van der Waals surface area contributed by atoms with E-state index in [1.54, 1.807) is 19.1 Å². The van der Waals surface area contributed by atoms with Gasteiger partial charge in [-0.25, -0.2) is 4.98 Å². The Labute approximate surface area is 125 Å². The SMILES string of the molecule is CC(=O)c1sc(NCc2ccc(Cl)cc2Cl)nc1C. The van der Waals surface area contributed by atoms with Crippen molar-refractivity contribution < 1.29 is 4.79 Å². The third-order valence-corrected chi connectivity index (χ3v) is 4.36. The van der Waals surface area contributed by atoms with E-state index in [-0.39, 0.29) is 5.78 Å². The van der Waals surface area contributed by atoms with Crippen LogP contribution < -0.4 is 5.32 Å². The van der Waals surface area contributed by atoms with Crippen LogP contribution in [0, 0.1) is 6.92 Å². The van der Waals surface area contributed by atoms with Crippen LogP contribution in [-0.4, -0.2) is 10.8 Å². The predicted molar refractivity (Wildman–Crippen MR) is 80.6 cm³/mol. The van der Waals surface area contributed by atoms with Crippen LogP contribution in [0.1, 0.15) is 27.9 Å². The zero-order chi connectivity index (χ0) is 14.0. The van der Waals surface area contributed by atoms with Gasteiger partial charge in [0.1, 0.15) is 0 Å². The van der Waals surface area contributed by atoms with E-state index in [2.05, 4.69) is 10.3 Å². The van der Waals surface area contributed by atoms with E-state index < -0.39 is 0 Å². The van der Waals surface area contributed by atoms with Crippen molar-refractivity contribution in [3.63, 3.8) is 0 Å². The molecule has 19 heavy (non-hydrogen) atoms. The topological polar surface area (TPSA) is 42.0 Å². The summed E-state index contributed by atoms with van der Waals surface area (Å²) in [6, 6.07) is 5.36. The van der Waals surface area contributed by atoms with Gasteiger partial charge >= 0.3 is 0 Å². The number of carbonyl (C=O) groups excluding carboxylic acids is 1. The number of anilines is 1. The van der Waals surface area contributed by atoms with Gasteiger partial charge < -0.3 is 5.32 Å². The first kappa shape index (κ1) is 14.3. The van der Waals surface area contributed by atoms with Crippen LogP contribution in [-0.2, 0) is 6.54 Å². The lowest BCUT2D eigenvalue weighted by atomic mass is 10.2. The molecule has 0 unspecified atom stereocenters. The highest BCUT2D eigenvalue weighted by atomic mass is 35.5. The molecule has 100 valence electrons. The molecule has 0 spiro atoms. The molecule has 2 aromatic rings. The van der Waals surface area contributed by atoms with E-state index in [1.807, 2.05) is 13.0 Å². The van der Waals surface area contributed by atoms with Crippen molar-refractivity contribution in [1.29, 1.82) is 0 Å². The van der Waals surface area contributed by atoms with Crippen molar-refractivity contribution in [3.8, 4) is 0 Å². The van der Waals surface area contributed by atoms with Gasteiger partial charge in [-0.15, -0.1) is 0 Å². The molecule has 0 bridgehead atoms. The second kappa shape index (κ2) is 5.90. The van der Waals surface area contributed by atoms with E-state index in [0.29, 0.717) is 26.6 Å². The van der Waals surface area contributed by atoms with Gasteiger partial charge in [-0.2, -0.15) is 0 Å². The summed E-state index contributed by atoms with van der Waals surface area (Å²) in [6.07, 6.45) is 0. The number of nitrogens with zero attached hydrogens (tertiary/aromatic N) is 1. The van der Waals surface area contributed by atoms with E-state index in [4.69, 9.17) is 23.2 Å². The number of carbonyl (C=O) groups is 1. The van der Waals surface area contributed by atoms with Crippen molar-refractivity contribution in [1.82, 2.24) is 4.98 Å². The number of aryl methyl sites for hydroxylation is 1. The lowest BCUT2D eigenvalue weighted by Gasteiger charge is -2.05.